The number of carbonyl (C=O) groups is 1. The Hall–Kier alpha value is -3.73. The fourth-order valence-electron chi connectivity index (χ4n) is 3.48. The van der Waals surface area contributed by atoms with Crippen LogP contribution in [0.4, 0.5) is 18.0 Å². The molecule has 8 nitrogen and oxygen atoms in total. The van der Waals surface area contributed by atoms with E-state index in [4.69, 9.17) is 18.6 Å². The lowest BCUT2D eigenvalue weighted by atomic mass is 10.1. The molecule has 1 unspecified atom stereocenters. The highest BCUT2D eigenvalue weighted by molar-refractivity contribution is 5.79. The molecule has 0 aliphatic carbocycles. The molecule has 4 rings (SSSR count). The summed E-state index contributed by atoms with van der Waals surface area (Å²) in [5.74, 6) is -2.29. The van der Waals surface area contributed by atoms with Crippen molar-refractivity contribution in [2.24, 2.45) is 0 Å². The lowest BCUT2D eigenvalue weighted by Gasteiger charge is -2.31. The van der Waals surface area contributed by atoms with Crippen LogP contribution >= 0.6 is 0 Å². The third-order valence-corrected chi connectivity index (χ3v) is 5.10. The van der Waals surface area contributed by atoms with Gasteiger partial charge >= 0.3 is 12.3 Å². The van der Waals surface area contributed by atoms with Gasteiger partial charge in [0.05, 0.1) is 25.6 Å². The molecule has 174 valence electrons. The SMILES string of the molecule is COc1cccc(Oc2c(C(F)(F)F)oc3cc(C4CN(C(=O)O)CCO4)ccc3c2=O)c1. The largest absolute Gasteiger partial charge is 0.497 e. The number of ether oxygens (including phenoxy) is 3. The quantitative estimate of drug-likeness (QED) is 0.598. The van der Waals surface area contributed by atoms with Crippen molar-refractivity contribution in [1.29, 1.82) is 0 Å². The molecule has 1 amide bonds. The van der Waals surface area contributed by atoms with Crippen molar-refractivity contribution in [2.75, 3.05) is 26.8 Å². The van der Waals surface area contributed by atoms with Crippen LogP contribution in [0, 0.1) is 0 Å². The average Bonchev–Trinajstić information content (AvgIpc) is 2.80. The van der Waals surface area contributed by atoms with Crippen LogP contribution < -0.4 is 14.9 Å². The standard InChI is InChI=1S/C22H18F3NO7/c1-30-13-3-2-4-14(10-13)32-19-18(27)15-6-5-12(9-16(15)33-20(19)22(23,24)25)17-11-26(21(28)29)7-8-31-17/h2-6,9-10,17H,7-8,11H2,1H3,(H,28,29). The third-order valence-electron chi connectivity index (χ3n) is 5.10. The van der Waals surface area contributed by atoms with Gasteiger partial charge in [-0.05, 0) is 29.8 Å². The maximum absolute atomic E-state index is 13.8. The molecule has 1 saturated heterocycles. The van der Waals surface area contributed by atoms with Gasteiger partial charge in [0.2, 0.25) is 11.2 Å². The van der Waals surface area contributed by atoms with E-state index in [2.05, 4.69) is 0 Å². The molecule has 33 heavy (non-hydrogen) atoms. The van der Waals surface area contributed by atoms with Crippen LogP contribution in [0.1, 0.15) is 17.4 Å². The fourth-order valence-corrected chi connectivity index (χ4v) is 3.48. The van der Waals surface area contributed by atoms with E-state index in [-0.39, 0.29) is 36.4 Å². The number of hydrogen-bond donors (Lipinski definition) is 1. The Bertz CT molecular complexity index is 1250. The number of carboxylic acid groups (broad SMARTS) is 1. The molecule has 0 saturated carbocycles. The topological polar surface area (TPSA) is 98.4 Å². The lowest BCUT2D eigenvalue weighted by molar-refractivity contribution is -0.154. The second-order valence-corrected chi connectivity index (χ2v) is 7.21. The van der Waals surface area contributed by atoms with Crippen LogP contribution in [0.3, 0.4) is 0 Å². The van der Waals surface area contributed by atoms with E-state index >= 15 is 0 Å². The number of halogens is 3. The van der Waals surface area contributed by atoms with Crippen LogP contribution in [0.15, 0.2) is 51.7 Å². The minimum absolute atomic E-state index is 0.00572. The molecule has 1 N–H and O–H groups in total. The van der Waals surface area contributed by atoms with Gasteiger partial charge in [0, 0.05) is 12.6 Å². The Morgan fingerprint density at radius 3 is 2.64 bits per heavy atom. The average molecular weight is 465 g/mol. The molecular weight excluding hydrogens is 447 g/mol. The molecule has 1 atom stereocenters. The van der Waals surface area contributed by atoms with Crippen LogP contribution in [0.25, 0.3) is 11.0 Å². The molecule has 1 aliphatic rings. The summed E-state index contributed by atoms with van der Waals surface area (Å²) in [6.45, 7) is 0.298. The van der Waals surface area contributed by atoms with E-state index in [0.717, 1.165) is 4.90 Å². The van der Waals surface area contributed by atoms with E-state index in [1.807, 2.05) is 0 Å². The molecule has 1 aromatic heterocycles. The van der Waals surface area contributed by atoms with E-state index in [1.165, 1.54) is 43.5 Å². The first-order valence-electron chi connectivity index (χ1n) is 9.76. The summed E-state index contributed by atoms with van der Waals surface area (Å²) in [5.41, 5.74) is -0.945. The highest BCUT2D eigenvalue weighted by atomic mass is 19.4. The summed E-state index contributed by atoms with van der Waals surface area (Å²) in [6, 6.07) is 9.82. The molecule has 1 aliphatic heterocycles. The fraction of sp³-hybridized carbons (Fsp3) is 0.273. The first-order chi connectivity index (χ1) is 15.7. The minimum atomic E-state index is -5.01. The van der Waals surface area contributed by atoms with Gasteiger partial charge in [-0.2, -0.15) is 13.2 Å². The summed E-state index contributed by atoms with van der Waals surface area (Å²) < 4.78 is 62.3. The Balaban J connectivity index is 1.78. The van der Waals surface area contributed by atoms with Crippen molar-refractivity contribution in [1.82, 2.24) is 4.90 Å². The van der Waals surface area contributed by atoms with E-state index in [0.29, 0.717) is 11.3 Å². The maximum atomic E-state index is 13.8. The summed E-state index contributed by atoms with van der Waals surface area (Å²) >= 11 is 0. The van der Waals surface area contributed by atoms with E-state index in [9.17, 15) is 27.9 Å². The Morgan fingerprint density at radius 1 is 1.18 bits per heavy atom. The molecular formula is C22H18F3NO7. The van der Waals surface area contributed by atoms with Gasteiger partial charge in [0.1, 0.15) is 23.2 Å². The second-order valence-electron chi connectivity index (χ2n) is 7.21. The summed E-state index contributed by atoms with van der Waals surface area (Å²) in [5, 5.41) is 9.06. The van der Waals surface area contributed by atoms with Gasteiger partial charge in [-0.1, -0.05) is 12.1 Å². The molecule has 0 radical (unpaired) electrons. The molecule has 0 spiro atoms. The Morgan fingerprint density at radius 2 is 1.94 bits per heavy atom. The van der Waals surface area contributed by atoms with Gasteiger partial charge in [0.15, 0.2) is 0 Å². The molecule has 2 heterocycles. The Kier molecular flexibility index (Phi) is 5.90. The lowest BCUT2D eigenvalue weighted by Crippen LogP contribution is -2.41. The molecule has 11 heteroatoms. The number of benzene rings is 2. The van der Waals surface area contributed by atoms with Crippen molar-refractivity contribution in [3.05, 3.63) is 64.0 Å². The molecule has 0 bridgehead atoms. The smallest absolute Gasteiger partial charge is 0.453 e. The number of amides is 1. The van der Waals surface area contributed by atoms with Crippen molar-refractivity contribution >= 4 is 17.1 Å². The maximum Gasteiger partial charge on any atom is 0.453 e. The van der Waals surface area contributed by atoms with Crippen LogP contribution in [-0.2, 0) is 10.9 Å². The van der Waals surface area contributed by atoms with Crippen molar-refractivity contribution in [3.63, 3.8) is 0 Å². The van der Waals surface area contributed by atoms with Crippen LogP contribution in [0.2, 0.25) is 0 Å². The van der Waals surface area contributed by atoms with Gasteiger partial charge in [-0.3, -0.25) is 4.79 Å². The van der Waals surface area contributed by atoms with Crippen molar-refractivity contribution in [3.8, 4) is 17.2 Å². The van der Waals surface area contributed by atoms with Gasteiger partial charge in [-0.25, -0.2) is 4.79 Å². The number of nitrogens with zero attached hydrogens (tertiary/aromatic N) is 1. The van der Waals surface area contributed by atoms with Gasteiger partial charge in [-0.15, -0.1) is 0 Å². The normalized spacial score (nSPS) is 16.6. The third kappa shape index (κ3) is 4.58. The van der Waals surface area contributed by atoms with Gasteiger partial charge < -0.3 is 28.6 Å². The summed E-state index contributed by atoms with van der Waals surface area (Å²) in [7, 11) is 1.38. The number of morpholine rings is 1. The number of rotatable bonds is 4. The zero-order valence-electron chi connectivity index (χ0n) is 17.2. The number of fused-ring (bicyclic) bond motifs is 1. The van der Waals surface area contributed by atoms with Crippen LogP contribution in [0.5, 0.6) is 17.2 Å². The zero-order valence-corrected chi connectivity index (χ0v) is 17.2. The Labute approximate surface area is 184 Å². The van der Waals surface area contributed by atoms with Gasteiger partial charge in [0.25, 0.3) is 5.76 Å². The minimum Gasteiger partial charge on any atom is -0.497 e. The molecule has 1 fully saturated rings. The van der Waals surface area contributed by atoms with Crippen molar-refractivity contribution in [2.45, 2.75) is 12.3 Å². The summed E-state index contributed by atoms with van der Waals surface area (Å²) in [6.07, 6.45) is -6.86. The monoisotopic (exact) mass is 465 g/mol. The first-order valence-corrected chi connectivity index (χ1v) is 9.76. The molecule has 3 aromatic rings. The second kappa shape index (κ2) is 8.66. The number of methoxy groups -OCH3 is 1. The predicted molar refractivity (Wildman–Crippen MR) is 109 cm³/mol. The highest BCUT2D eigenvalue weighted by Gasteiger charge is 2.40. The number of alkyl halides is 3. The molecule has 2 aromatic carbocycles. The van der Waals surface area contributed by atoms with E-state index < -0.39 is 35.3 Å². The predicted octanol–water partition coefficient (Wildman–Crippen LogP) is 4.66. The zero-order chi connectivity index (χ0) is 23.8. The number of hydrogen-bond acceptors (Lipinski definition) is 6. The summed E-state index contributed by atoms with van der Waals surface area (Å²) in [4.78, 5) is 25.3. The van der Waals surface area contributed by atoms with Crippen molar-refractivity contribution < 1.29 is 41.7 Å². The van der Waals surface area contributed by atoms with Crippen LogP contribution in [-0.4, -0.2) is 42.9 Å². The first kappa shape index (κ1) is 22.5. The highest BCUT2D eigenvalue weighted by Crippen LogP contribution is 2.39. The van der Waals surface area contributed by atoms with E-state index in [1.54, 1.807) is 6.07 Å².